The molecule has 1 amide bonds. The van der Waals surface area contributed by atoms with Gasteiger partial charge >= 0.3 is 0 Å². The quantitative estimate of drug-likeness (QED) is 0.939. The monoisotopic (exact) mass is 315 g/mol. The molecule has 1 aromatic carbocycles. The molecule has 0 atom stereocenters. The van der Waals surface area contributed by atoms with E-state index in [1.165, 1.54) is 6.07 Å². The number of nitrogens with zero attached hydrogens (tertiary/aromatic N) is 2. The number of rotatable bonds is 3. The van der Waals surface area contributed by atoms with Gasteiger partial charge < -0.3 is 9.88 Å². The lowest BCUT2D eigenvalue weighted by atomic mass is 10.1. The van der Waals surface area contributed by atoms with Crippen molar-refractivity contribution in [3.63, 3.8) is 0 Å². The second kappa shape index (κ2) is 6.32. The van der Waals surface area contributed by atoms with Crippen LogP contribution >= 0.6 is 0 Å². The van der Waals surface area contributed by atoms with Crippen molar-refractivity contribution in [3.8, 4) is 0 Å². The highest BCUT2D eigenvalue weighted by Crippen LogP contribution is 2.16. The van der Waals surface area contributed by atoms with Gasteiger partial charge in [-0.3, -0.25) is 9.59 Å². The van der Waals surface area contributed by atoms with Crippen molar-refractivity contribution in [1.29, 1.82) is 0 Å². The summed E-state index contributed by atoms with van der Waals surface area (Å²) < 4.78 is 13.7. The fraction of sp³-hybridized carbons (Fsp3) is 0.353. The Kier molecular flexibility index (Phi) is 4.23. The minimum Gasteiger partial charge on any atom is -0.338 e. The van der Waals surface area contributed by atoms with E-state index in [9.17, 15) is 14.0 Å². The molecule has 0 bridgehead atoms. The maximum atomic E-state index is 13.7. The molecule has 0 saturated heterocycles. The minimum absolute atomic E-state index is 0.0329. The van der Waals surface area contributed by atoms with Crippen LogP contribution in [-0.2, 0) is 24.2 Å². The molecule has 0 fully saturated rings. The molecule has 1 aliphatic heterocycles. The van der Waals surface area contributed by atoms with Gasteiger partial charge in [-0.15, -0.1) is 0 Å². The predicted octanol–water partition coefficient (Wildman–Crippen LogP) is 1.79. The lowest BCUT2D eigenvalue weighted by molar-refractivity contribution is -0.131. The Balaban J connectivity index is 1.88. The van der Waals surface area contributed by atoms with E-state index in [2.05, 4.69) is 9.97 Å². The van der Waals surface area contributed by atoms with Crippen LogP contribution in [0.15, 0.2) is 29.1 Å². The van der Waals surface area contributed by atoms with Crippen LogP contribution in [-0.4, -0.2) is 27.3 Å². The predicted molar refractivity (Wildman–Crippen MR) is 83.5 cm³/mol. The number of H-pyrrole nitrogens is 1. The maximum Gasteiger partial charge on any atom is 0.256 e. The van der Waals surface area contributed by atoms with Crippen LogP contribution in [0, 0.1) is 5.82 Å². The van der Waals surface area contributed by atoms with E-state index in [-0.39, 0.29) is 23.7 Å². The number of carbonyl (C=O) groups excluding carboxylic acids is 1. The van der Waals surface area contributed by atoms with Crippen molar-refractivity contribution in [2.75, 3.05) is 6.54 Å². The number of benzene rings is 1. The molecule has 0 unspecified atom stereocenters. The fourth-order valence-corrected chi connectivity index (χ4v) is 2.82. The van der Waals surface area contributed by atoms with Gasteiger partial charge in [0.05, 0.1) is 17.8 Å². The molecular formula is C17H18FN3O2. The van der Waals surface area contributed by atoms with Crippen LogP contribution in [0.3, 0.4) is 0 Å². The SMILES string of the molecule is CCC(=O)N1CCc2nc(Cc3ccccc3F)[nH]c(=O)c2C1. The summed E-state index contributed by atoms with van der Waals surface area (Å²) in [6.07, 6.45) is 1.22. The number of aromatic amines is 1. The summed E-state index contributed by atoms with van der Waals surface area (Å²) in [6.45, 7) is 2.66. The van der Waals surface area contributed by atoms with Gasteiger partial charge in [0.25, 0.3) is 5.56 Å². The number of hydrogen-bond donors (Lipinski definition) is 1. The molecule has 23 heavy (non-hydrogen) atoms. The normalized spacial score (nSPS) is 13.7. The van der Waals surface area contributed by atoms with E-state index in [1.54, 1.807) is 30.0 Å². The van der Waals surface area contributed by atoms with Gasteiger partial charge in [0, 0.05) is 25.8 Å². The molecule has 2 heterocycles. The lowest BCUT2D eigenvalue weighted by Gasteiger charge is -2.27. The molecule has 5 nitrogen and oxygen atoms in total. The molecule has 3 rings (SSSR count). The van der Waals surface area contributed by atoms with Crippen LogP contribution in [0.4, 0.5) is 4.39 Å². The van der Waals surface area contributed by atoms with Crippen molar-refractivity contribution < 1.29 is 9.18 Å². The Morgan fingerprint density at radius 3 is 2.91 bits per heavy atom. The third kappa shape index (κ3) is 3.16. The molecule has 1 aliphatic rings. The number of halogens is 1. The molecule has 1 N–H and O–H groups in total. The van der Waals surface area contributed by atoms with E-state index in [4.69, 9.17) is 0 Å². The van der Waals surface area contributed by atoms with Crippen LogP contribution < -0.4 is 5.56 Å². The molecule has 0 aliphatic carbocycles. The maximum absolute atomic E-state index is 13.7. The second-order valence-corrected chi connectivity index (χ2v) is 5.62. The largest absolute Gasteiger partial charge is 0.338 e. The number of amides is 1. The van der Waals surface area contributed by atoms with Crippen LogP contribution in [0.2, 0.25) is 0 Å². The molecule has 0 saturated carbocycles. The first-order chi connectivity index (χ1) is 11.1. The van der Waals surface area contributed by atoms with Gasteiger partial charge in [-0.1, -0.05) is 25.1 Å². The van der Waals surface area contributed by atoms with E-state index >= 15 is 0 Å². The summed E-state index contributed by atoms with van der Waals surface area (Å²) in [5.41, 5.74) is 1.50. The highest BCUT2D eigenvalue weighted by atomic mass is 19.1. The van der Waals surface area contributed by atoms with Crippen LogP contribution in [0.1, 0.15) is 36.0 Å². The Bertz CT molecular complexity index is 801. The molecule has 2 aromatic rings. The highest BCUT2D eigenvalue weighted by Gasteiger charge is 2.23. The lowest BCUT2D eigenvalue weighted by Crippen LogP contribution is -2.39. The Morgan fingerprint density at radius 2 is 2.17 bits per heavy atom. The number of nitrogens with one attached hydrogen (secondary N) is 1. The van der Waals surface area contributed by atoms with Crippen LogP contribution in [0.5, 0.6) is 0 Å². The summed E-state index contributed by atoms with van der Waals surface area (Å²) in [5, 5.41) is 0. The second-order valence-electron chi connectivity index (χ2n) is 5.62. The average Bonchev–Trinajstić information content (AvgIpc) is 2.56. The van der Waals surface area contributed by atoms with E-state index in [1.807, 2.05) is 0 Å². The summed E-state index contributed by atoms with van der Waals surface area (Å²) in [6, 6.07) is 6.45. The molecule has 0 spiro atoms. The number of aromatic nitrogens is 2. The first-order valence-electron chi connectivity index (χ1n) is 7.70. The molecule has 120 valence electrons. The number of carbonyl (C=O) groups is 1. The standard InChI is InChI=1S/C17H18FN3O2/c1-2-16(22)21-8-7-14-12(10-21)17(23)20-15(19-14)9-11-5-3-4-6-13(11)18/h3-6H,2,7-10H2,1H3,(H,19,20,23). The Labute approximate surface area is 133 Å². The molecule has 1 aromatic heterocycles. The van der Waals surface area contributed by atoms with Gasteiger partial charge in [-0.2, -0.15) is 0 Å². The zero-order valence-electron chi connectivity index (χ0n) is 12.9. The van der Waals surface area contributed by atoms with Gasteiger partial charge in [0.2, 0.25) is 5.91 Å². The van der Waals surface area contributed by atoms with Gasteiger partial charge in [0.1, 0.15) is 11.6 Å². The van der Waals surface area contributed by atoms with E-state index in [0.29, 0.717) is 48.6 Å². The third-order valence-corrected chi connectivity index (χ3v) is 4.09. The van der Waals surface area contributed by atoms with Gasteiger partial charge in [-0.05, 0) is 11.6 Å². The van der Waals surface area contributed by atoms with Crippen molar-refractivity contribution in [3.05, 3.63) is 63.1 Å². The zero-order chi connectivity index (χ0) is 16.4. The van der Waals surface area contributed by atoms with Gasteiger partial charge in [0.15, 0.2) is 0 Å². The Hall–Kier alpha value is -2.50. The van der Waals surface area contributed by atoms with Gasteiger partial charge in [-0.25, -0.2) is 9.37 Å². The molecular weight excluding hydrogens is 297 g/mol. The molecule has 0 radical (unpaired) electrons. The summed E-state index contributed by atoms with van der Waals surface area (Å²) in [7, 11) is 0. The smallest absolute Gasteiger partial charge is 0.256 e. The average molecular weight is 315 g/mol. The topological polar surface area (TPSA) is 66.1 Å². The number of fused-ring (bicyclic) bond motifs is 1. The minimum atomic E-state index is -0.312. The fourth-order valence-electron chi connectivity index (χ4n) is 2.82. The summed E-state index contributed by atoms with van der Waals surface area (Å²) in [4.78, 5) is 32.9. The highest BCUT2D eigenvalue weighted by molar-refractivity contribution is 5.76. The van der Waals surface area contributed by atoms with E-state index < -0.39 is 0 Å². The molecule has 6 heteroatoms. The summed E-state index contributed by atoms with van der Waals surface area (Å²) in [5.74, 6) is 0.173. The van der Waals surface area contributed by atoms with E-state index in [0.717, 1.165) is 0 Å². The van der Waals surface area contributed by atoms with Crippen molar-refractivity contribution in [2.45, 2.75) is 32.7 Å². The Morgan fingerprint density at radius 1 is 1.39 bits per heavy atom. The third-order valence-electron chi connectivity index (χ3n) is 4.09. The van der Waals surface area contributed by atoms with Crippen molar-refractivity contribution >= 4 is 5.91 Å². The first-order valence-corrected chi connectivity index (χ1v) is 7.70. The first kappa shape index (κ1) is 15.4. The van der Waals surface area contributed by atoms with Crippen molar-refractivity contribution in [2.24, 2.45) is 0 Å². The number of hydrogen-bond acceptors (Lipinski definition) is 3. The van der Waals surface area contributed by atoms with Crippen molar-refractivity contribution in [1.82, 2.24) is 14.9 Å². The van der Waals surface area contributed by atoms with Crippen LogP contribution in [0.25, 0.3) is 0 Å². The summed E-state index contributed by atoms with van der Waals surface area (Å²) >= 11 is 0. The zero-order valence-corrected chi connectivity index (χ0v) is 12.9.